The Morgan fingerprint density at radius 1 is 1.50 bits per heavy atom. The molecule has 0 saturated heterocycles. The molecule has 0 N–H and O–H groups in total. The molecule has 0 spiro atoms. The molecular formula is C12H19NO3. The van der Waals surface area contributed by atoms with E-state index in [0.29, 0.717) is 5.92 Å². The molecule has 0 aliphatic heterocycles. The highest BCUT2D eigenvalue weighted by molar-refractivity contribution is 5.75. The van der Waals surface area contributed by atoms with Gasteiger partial charge in [0.15, 0.2) is 0 Å². The summed E-state index contributed by atoms with van der Waals surface area (Å²) in [6.07, 6.45) is 2.12. The topological polar surface area (TPSA) is 55.7 Å². The van der Waals surface area contributed by atoms with E-state index in [-0.39, 0.29) is 25.0 Å². The van der Waals surface area contributed by atoms with Crippen LogP contribution in [0.4, 0.5) is 0 Å². The summed E-state index contributed by atoms with van der Waals surface area (Å²) >= 11 is 0. The number of rotatable bonds is 7. The first-order valence-electron chi connectivity index (χ1n) is 5.34. The maximum Gasteiger partial charge on any atom is 0.313 e. The first-order valence-corrected chi connectivity index (χ1v) is 5.34. The highest BCUT2D eigenvalue weighted by atomic mass is 16.5. The molecule has 1 atom stereocenters. The lowest BCUT2D eigenvalue weighted by atomic mass is 9.92. The molecule has 0 aromatic rings. The summed E-state index contributed by atoms with van der Waals surface area (Å²) in [5.74, 6) is -0.148. The van der Waals surface area contributed by atoms with Gasteiger partial charge in [0.05, 0.1) is 12.5 Å². The third kappa shape index (κ3) is 6.14. The van der Waals surface area contributed by atoms with Gasteiger partial charge in [-0.1, -0.05) is 26.0 Å². The fourth-order valence-corrected chi connectivity index (χ4v) is 1.31. The molecule has 0 fully saturated rings. The minimum atomic E-state index is -0.290. The van der Waals surface area contributed by atoms with Crippen molar-refractivity contribution >= 4 is 12.0 Å². The number of isocyanates is 1. The summed E-state index contributed by atoms with van der Waals surface area (Å²) < 4.78 is 5.00. The summed E-state index contributed by atoms with van der Waals surface area (Å²) in [5.41, 5.74) is 0.803. The number of hydrogen-bond acceptors (Lipinski definition) is 4. The lowest BCUT2D eigenvalue weighted by molar-refractivity contribution is -0.147. The SMILES string of the molecule is C=C(C)C(CC(C)C)C(=O)OCCN=C=O. The van der Waals surface area contributed by atoms with Gasteiger partial charge in [-0.15, -0.1) is 0 Å². The smallest absolute Gasteiger partial charge is 0.313 e. The number of ether oxygens (including phenoxy) is 1. The van der Waals surface area contributed by atoms with E-state index in [2.05, 4.69) is 11.6 Å². The van der Waals surface area contributed by atoms with Crippen LogP contribution < -0.4 is 0 Å². The zero-order valence-corrected chi connectivity index (χ0v) is 10.2. The van der Waals surface area contributed by atoms with Crippen molar-refractivity contribution in [3.05, 3.63) is 12.2 Å². The molecule has 0 aromatic carbocycles. The lowest BCUT2D eigenvalue weighted by Gasteiger charge is -2.17. The van der Waals surface area contributed by atoms with Gasteiger partial charge in [0, 0.05) is 0 Å². The molecule has 0 bridgehead atoms. The van der Waals surface area contributed by atoms with E-state index in [1.165, 1.54) is 6.08 Å². The second-order valence-corrected chi connectivity index (χ2v) is 4.17. The Hall–Kier alpha value is -1.41. The fourth-order valence-electron chi connectivity index (χ4n) is 1.31. The van der Waals surface area contributed by atoms with Gasteiger partial charge in [-0.05, 0) is 19.3 Å². The fraction of sp³-hybridized carbons (Fsp3) is 0.667. The molecule has 90 valence electrons. The van der Waals surface area contributed by atoms with Crippen molar-refractivity contribution < 1.29 is 14.3 Å². The van der Waals surface area contributed by atoms with Crippen molar-refractivity contribution in [1.82, 2.24) is 0 Å². The number of hydrogen-bond donors (Lipinski definition) is 0. The summed E-state index contributed by atoms with van der Waals surface area (Å²) in [6, 6.07) is 0. The Bertz CT molecular complexity index is 291. The third-order valence-electron chi connectivity index (χ3n) is 2.10. The second kappa shape index (κ2) is 7.83. The van der Waals surface area contributed by atoms with E-state index in [1.807, 2.05) is 20.8 Å². The van der Waals surface area contributed by atoms with Gasteiger partial charge >= 0.3 is 5.97 Å². The van der Waals surface area contributed by atoms with Crippen LogP contribution in [0.5, 0.6) is 0 Å². The largest absolute Gasteiger partial charge is 0.463 e. The third-order valence-corrected chi connectivity index (χ3v) is 2.10. The van der Waals surface area contributed by atoms with Crippen LogP contribution in [-0.2, 0) is 14.3 Å². The normalized spacial score (nSPS) is 11.8. The molecular weight excluding hydrogens is 206 g/mol. The van der Waals surface area contributed by atoms with E-state index in [4.69, 9.17) is 4.74 Å². The average molecular weight is 225 g/mol. The number of esters is 1. The first-order chi connectivity index (χ1) is 7.49. The standard InChI is InChI=1S/C12H19NO3/c1-9(2)7-11(10(3)4)12(15)16-6-5-13-8-14/h9,11H,3,5-7H2,1-2,4H3. The van der Waals surface area contributed by atoms with Gasteiger partial charge in [0.25, 0.3) is 0 Å². The Morgan fingerprint density at radius 2 is 2.12 bits per heavy atom. The van der Waals surface area contributed by atoms with Gasteiger partial charge in [-0.2, -0.15) is 0 Å². The first kappa shape index (κ1) is 14.6. The van der Waals surface area contributed by atoms with Gasteiger partial charge in [-0.3, -0.25) is 4.79 Å². The zero-order chi connectivity index (χ0) is 12.6. The van der Waals surface area contributed by atoms with Crippen LogP contribution in [0.1, 0.15) is 27.2 Å². The molecule has 0 aliphatic rings. The van der Waals surface area contributed by atoms with E-state index in [9.17, 15) is 9.59 Å². The Balaban J connectivity index is 4.17. The molecule has 16 heavy (non-hydrogen) atoms. The second-order valence-electron chi connectivity index (χ2n) is 4.17. The quantitative estimate of drug-likeness (QED) is 0.219. The van der Waals surface area contributed by atoms with Gasteiger partial charge < -0.3 is 4.74 Å². The van der Waals surface area contributed by atoms with Crippen molar-refractivity contribution in [1.29, 1.82) is 0 Å². The molecule has 0 rings (SSSR count). The number of carbonyl (C=O) groups is 1. The van der Waals surface area contributed by atoms with Crippen molar-refractivity contribution in [2.24, 2.45) is 16.8 Å². The highest BCUT2D eigenvalue weighted by Crippen LogP contribution is 2.20. The predicted molar refractivity (Wildman–Crippen MR) is 61.7 cm³/mol. The van der Waals surface area contributed by atoms with Crippen LogP contribution >= 0.6 is 0 Å². The molecule has 4 nitrogen and oxygen atoms in total. The van der Waals surface area contributed by atoms with E-state index >= 15 is 0 Å². The van der Waals surface area contributed by atoms with Gasteiger partial charge in [0.2, 0.25) is 6.08 Å². The number of carbonyl (C=O) groups excluding carboxylic acids is 2. The molecule has 0 heterocycles. The Labute approximate surface area is 96.4 Å². The van der Waals surface area contributed by atoms with Crippen molar-refractivity contribution in [2.75, 3.05) is 13.2 Å². The Morgan fingerprint density at radius 3 is 2.56 bits per heavy atom. The average Bonchev–Trinajstić information content (AvgIpc) is 2.20. The van der Waals surface area contributed by atoms with Crippen LogP contribution in [0.25, 0.3) is 0 Å². The van der Waals surface area contributed by atoms with Crippen molar-refractivity contribution in [3.8, 4) is 0 Å². The van der Waals surface area contributed by atoms with Crippen LogP contribution in [0, 0.1) is 11.8 Å². The van der Waals surface area contributed by atoms with E-state index in [0.717, 1.165) is 12.0 Å². The van der Waals surface area contributed by atoms with Gasteiger partial charge in [0.1, 0.15) is 6.61 Å². The van der Waals surface area contributed by atoms with Gasteiger partial charge in [-0.25, -0.2) is 9.79 Å². The molecule has 4 heteroatoms. The summed E-state index contributed by atoms with van der Waals surface area (Å²) in [5, 5.41) is 0. The molecule has 1 unspecified atom stereocenters. The molecule has 0 aromatic heterocycles. The summed E-state index contributed by atoms with van der Waals surface area (Å²) in [7, 11) is 0. The maximum atomic E-state index is 11.7. The monoisotopic (exact) mass is 225 g/mol. The minimum Gasteiger partial charge on any atom is -0.463 e. The number of nitrogens with zero attached hydrogens (tertiary/aromatic N) is 1. The van der Waals surface area contributed by atoms with Crippen LogP contribution in [-0.4, -0.2) is 25.2 Å². The van der Waals surface area contributed by atoms with Crippen molar-refractivity contribution in [2.45, 2.75) is 27.2 Å². The predicted octanol–water partition coefficient (Wildman–Crippen LogP) is 2.10. The maximum absolute atomic E-state index is 11.7. The molecule has 0 saturated carbocycles. The van der Waals surface area contributed by atoms with Crippen LogP contribution in [0.15, 0.2) is 17.1 Å². The lowest BCUT2D eigenvalue weighted by Crippen LogP contribution is -2.21. The molecule has 0 aliphatic carbocycles. The number of aliphatic imine (C=N–C) groups is 1. The van der Waals surface area contributed by atoms with E-state index < -0.39 is 0 Å². The summed E-state index contributed by atoms with van der Waals surface area (Å²) in [6.45, 7) is 9.98. The van der Waals surface area contributed by atoms with Crippen LogP contribution in [0.3, 0.4) is 0 Å². The molecule has 0 amide bonds. The van der Waals surface area contributed by atoms with Crippen molar-refractivity contribution in [3.63, 3.8) is 0 Å². The highest BCUT2D eigenvalue weighted by Gasteiger charge is 2.21. The minimum absolute atomic E-state index is 0.121. The molecule has 0 radical (unpaired) electrons. The van der Waals surface area contributed by atoms with E-state index in [1.54, 1.807) is 0 Å². The summed E-state index contributed by atoms with van der Waals surface area (Å²) in [4.78, 5) is 24.8. The zero-order valence-electron chi connectivity index (χ0n) is 10.2. The Kier molecular flexibility index (Phi) is 7.14. The van der Waals surface area contributed by atoms with Crippen LogP contribution in [0.2, 0.25) is 0 Å².